The van der Waals surface area contributed by atoms with Gasteiger partial charge in [0.25, 0.3) is 0 Å². The summed E-state index contributed by atoms with van der Waals surface area (Å²) < 4.78 is 0. The molecule has 2 heterocycles. The summed E-state index contributed by atoms with van der Waals surface area (Å²) >= 11 is 0. The number of allylic oxidation sites excluding steroid dienone is 2. The van der Waals surface area contributed by atoms with Gasteiger partial charge >= 0.3 is 7.12 Å². The van der Waals surface area contributed by atoms with Crippen molar-refractivity contribution >= 4 is 41.7 Å². The summed E-state index contributed by atoms with van der Waals surface area (Å²) in [5.41, 5.74) is 4.21. The van der Waals surface area contributed by atoms with E-state index in [4.69, 9.17) is 0 Å². The van der Waals surface area contributed by atoms with E-state index >= 15 is 0 Å². The molecule has 42 heavy (non-hydrogen) atoms. The maximum Gasteiger partial charge on any atom is 0.488 e. The summed E-state index contributed by atoms with van der Waals surface area (Å²) in [5.74, 6) is -3.01. The van der Waals surface area contributed by atoms with E-state index < -0.39 is 49.4 Å². The number of nitrogens with zero attached hydrogens (tertiary/aromatic N) is 2. The summed E-state index contributed by atoms with van der Waals surface area (Å²) in [6.07, 6.45) is 3.68. The lowest BCUT2D eigenvalue weighted by atomic mass is 9.68. The molecule has 3 aromatic rings. The normalized spacial score (nSPS) is 21.5. The Morgan fingerprint density at radius 1 is 1.07 bits per heavy atom. The van der Waals surface area contributed by atoms with Crippen molar-refractivity contribution in [3.63, 3.8) is 0 Å². The minimum atomic E-state index is -1.75. The number of aromatic hydroxyl groups is 1. The van der Waals surface area contributed by atoms with Gasteiger partial charge in [0.2, 0.25) is 11.8 Å². The molecule has 5 rings (SSSR count). The van der Waals surface area contributed by atoms with Crippen LogP contribution in [0.3, 0.4) is 0 Å². The number of aliphatic hydroxyl groups excluding tert-OH is 2. The van der Waals surface area contributed by atoms with Crippen LogP contribution in [0.4, 0.5) is 5.69 Å². The number of phenolic OH excluding ortho intramolecular Hbond substituents is 1. The Hall–Kier alpha value is -4.09. The van der Waals surface area contributed by atoms with Gasteiger partial charge in [0.15, 0.2) is 0 Å². The number of anilines is 1. The minimum absolute atomic E-state index is 0.149. The van der Waals surface area contributed by atoms with Gasteiger partial charge in [-0.25, -0.2) is 0 Å². The van der Waals surface area contributed by atoms with Crippen LogP contribution in [0.5, 0.6) is 5.75 Å². The van der Waals surface area contributed by atoms with Crippen LogP contribution in [0.15, 0.2) is 84.1 Å². The number of imide groups is 1. The van der Waals surface area contributed by atoms with Gasteiger partial charge in [-0.1, -0.05) is 35.9 Å². The molecule has 5 N–H and O–H groups in total. The Balaban J connectivity index is 1.40. The standard InChI is InChI=1S/C32H33BN2O7/c1-19-15-25-30(32(40)35(31(25)39)23-6-4-5-22(17-23)33(41)42)26(18-36)29(19)28(38)13-10-21(27-7-2-3-14-34-27)16-20-8-11-24(37)12-9-20/h2-9,11-12,14,16-17,25-26,28,30,36-38,41-42H,10,13,15,18H2,1H3/b21-16-/t25-,26+,28-,30-/m1/s1. The highest BCUT2D eigenvalue weighted by Gasteiger charge is 2.54. The zero-order valence-electron chi connectivity index (χ0n) is 23.2. The average Bonchev–Trinajstić information content (AvgIpc) is 3.24. The number of carbonyl (C=O) groups is 2. The summed E-state index contributed by atoms with van der Waals surface area (Å²) in [6, 6.07) is 18.3. The predicted octanol–water partition coefficient (Wildman–Crippen LogP) is 2.28. The summed E-state index contributed by atoms with van der Waals surface area (Å²) in [6.45, 7) is 1.41. The van der Waals surface area contributed by atoms with Gasteiger partial charge in [-0.2, -0.15) is 0 Å². The zero-order valence-corrected chi connectivity index (χ0v) is 23.2. The molecule has 0 unspecified atom stereocenters. The van der Waals surface area contributed by atoms with Gasteiger partial charge < -0.3 is 25.4 Å². The first-order chi connectivity index (χ1) is 20.2. The first kappa shape index (κ1) is 29.4. The summed E-state index contributed by atoms with van der Waals surface area (Å²) in [5, 5.41) is 50.8. The number of aliphatic hydroxyl groups is 2. The van der Waals surface area contributed by atoms with Crippen LogP contribution in [0.2, 0.25) is 0 Å². The molecule has 1 fully saturated rings. The number of hydrogen-bond acceptors (Lipinski definition) is 8. The SMILES string of the molecule is CC1=C([C@H](O)CC/C(=C/c2ccc(O)cc2)c2ccccn2)[C@H](CO)[C@@H]2C(=O)N(c3cccc(B(O)O)c3)C(=O)[C@@H]2C1. The van der Waals surface area contributed by atoms with Gasteiger partial charge in [-0.05, 0) is 90.8 Å². The van der Waals surface area contributed by atoms with E-state index in [1.165, 1.54) is 12.1 Å². The molecule has 216 valence electrons. The van der Waals surface area contributed by atoms with Crippen LogP contribution in [0.25, 0.3) is 11.6 Å². The molecule has 1 aliphatic heterocycles. The number of rotatable bonds is 9. The van der Waals surface area contributed by atoms with E-state index in [0.29, 0.717) is 18.4 Å². The lowest BCUT2D eigenvalue weighted by Gasteiger charge is -2.35. The number of phenols is 1. The molecule has 9 nitrogen and oxygen atoms in total. The molecule has 0 saturated carbocycles. The van der Waals surface area contributed by atoms with Gasteiger partial charge in [0.05, 0.1) is 35.9 Å². The number of carbonyl (C=O) groups excluding carboxylic acids is 2. The molecule has 1 aromatic heterocycles. The number of benzene rings is 2. The molecule has 1 saturated heterocycles. The quantitative estimate of drug-likeness (QED) is 0.150. The van der Waals surface area contributed by atoms with E-state index in [1.807, 2.05) is 31.2 Å². The van der Waals surface area contributed by atoms with Crippen molar-refractivity contribution in [1.82, 2.24) is 4.98 Å². The minimum Gasteiger partial charge on any atom is -0.508 e. The van der Waals surface area contributed by atoms with E-state index in [1.54, 1.807) is 42.6 Å². The van der Waals surface area contributed by atoms with Crippen molar-refractivity contribution in [1.29, 1.82) is 0 Å². The molecule has 2 amide bonds. The third-order valence-corrected chi connectivity index (χ3v) is 8.23. The molecule has 10 heteroatoms. The van der Waals surface area contributed by atoms with Crippen molar-refractivity contribution < 1.29 is 35.0 Å². The van der Waals surface area contributed by atoms with Gasteiger partial charge in [-0.3, -0.25) is 19.5 Å². The number of pyridine rings is 1. The second kappa shape index (κ2) is 12.4. The topological polar surface area (TPSA) is 151 Å². The second-order valence-corrected chi connectivity index (χ2v) is 10.9. The number of aromatic nitrogens is 1. The molecule has 0 spiro atoms. The molecule has 4 atom stereocenters. The Kier molecular flexibility index (Phi) is 8.70. The molecule has 2 aromatic carbocycles. The fourth-order valence-electron chi connectivity index (χ4n) is 6.24. The van der Waals surface area contributed by atoms with E-state index in [0.717, 1.165) is 27.3 Å². The molecular weight excluding hydrogens is 535 g/mol. The molecule has 0 bridgehead atoms. The van der Waals surface area contributed by atoms with Crippen LogP contribution < -0.4 is 10.4 Å². The molecular formula is C32H33BN2O7. The largest absolute Gasteiger partial charge is 0.508 e. The fraction of sp³-hybridized carbons (Fsp3) is 0.281. The number of hydrogen-bond donors (Lipinski definition) is 5. The Bertz CT molecular complexity index is 1520. The van der Waals surface area contributed by atoms with Crippen molar-refractivity contribution in [2.24, 2.45) is 17.8 Å². The second-order valence-electron chi connectivity index (χ2n) is 10.9. The highest BCUT2D eigenvalue weighted by atomic mass is 16.4. The van der Waals surface area contributed by atoms with E-state index in [9.17, 15) is 35.0 Å². The predicted molar refractivity (Wildman–Crippen MR) is 159 cm³/mol. The zero-order chi connectivity index (χ0) is 30.0. The van der Waals surface area contributed by atoms with E-state index in [-0.39, 0.29) is 23.3 Å². The number of fused-ring (bicyclic) bond motifs is 1. The van der Waals surface area contributed by atoms with E-state index in [2.05, 4.69) is 4.98 Å². The lowest BCUT2D eigenvalue weighted by molar-refractivity contribution is -0.123. The third kappa shape index (κ3) is 5.80. The summed E-state index contributed by atoms with van der Waals surface area (Å²) in [4.78, 5) is 32.7. The van der Waals surface area contributed by atoms with Crippen LogP contribution in [-0.2, 0) is 9.59 Å². The maximum atomic E-state index is 13.7. The highest BCUT2D eigenvalue weighted by molar-refractivity contribution is 6.58. The Morgan fingerprint density at radius 3 is 2.50 bits per heavy atom. The first-order valence-corrected chi connectivity index (χ1v) is 13.9. The van der Waals surface area contributed by atoms with Crippen LogP contribution >= 0.6 is 0 Å². The third-order valence-electron chi connectivity index (χ3n) is 8.23. The first-order valence-electron chi connectivity index (χ1n) is 13.9. The van der Waals surface area contributed by atoms with Gasteiger partial charge in [0.1, 0.15) is 5.75 Å². The van der Waals surface area contributed by atoms with Crippen molar-refractivity contribution in [2.45, 2.75) is 32.3 Å². The van der Waals surface area contributed by atoms with Crippen LogP contribution in [-0.4, -0.2) is 62.0 Å². The van der Waals surface area contributed by atoms with Gasteiger partial charge in [-0.15, -0.1) is 0 Å². The van der Waals surface area contributed by atoms with Crippen molar-refractivity contribution in [3.05, 3.63) is 95.3 Å². The molecule has 0 radical (unpaired) electrons. The number of amides is 2. The Labute approximate surface area is 244 Å². The highest BCUT2D eigenvalue weighted by Crippen LogP contribution is 2.47. The van der Waals surface area contributed by atoms with Gasteiger partial charge in [0, 0.05) is 12.1 Å². The Morgan fingerprint density at radius 2 is 1.83 bits per heavy atom. The van der Waals surface area contributed by atoms with Crippen molar-refractivity contribution in [2.75, 3.05) is 11.5 Å². The maximum absolute atomic E-state index is 13.7. The fourth-order valence-corrected chi connectivity index (χ4v) is 6.24. The van der Waals surface area contributed by atoms with Crippen molar-refractivity contribution in [3.8, 4) is 5.75 Å². The monoisotopic (exact) mass is 568 g/mol. The molecule has 2 aliphatic rings. The van der Waals surface area contributed by atoms with Crippen LogP contribution in [0.1, 0.15) is 37.4 Å². The summed E-state index contributed by atoms with van der Waals surface area (Å²) in [7, 11) is -1.75. The smallest absolute Gasteiger partial charge is 0.488 e. The van der Waals surface area contributed by atoms with Crippen LogP contribution in [0, 0.1) is 17.8 Å². The molecule has 1 aliphatic carbocycles. The average molecular weight is 568 g/mol. The lowest BCUT2D eigenvalue weighted by Crippen LogP contribution is -2.39.